The Bertz CT molecular complexity index is 17.1. The molecule has 0 nitrogen and oxygen atoms in total. The fourth-order valence-electron chi connectivity index (χ4n) is 0. The van der Waals surface area contributed by atoms with Crippen LogP contribution in [-0.2, 0) is 0 Å². The zero-order valence-electron chi connectivity index (χ0n) is 3.66. The topological polar surface area (TPSA) is 0 Å². The quantitative estimate of drug-likeness (QED) is 0.287. The molecule has 0 fully saturated rings. The van der Waals surface area contributed by atoms with E-state index in [1.165, 1.54) is 0 Å². The number of halogens is 1. The van der Waals surface area contributed by atoms with E-state index in [9.17, 15) is 4.39 Å². The Kier molecular flexibility index (Phi) is 23.2. The van der Waals surface area contributed by atoms with Gasteiger partial charge in [0.15, 0.2) is 0 Å². The standard InChI is InChI=1S/C2H3F.Li.H/c1-2-3;;/h2H,1H2;;/q;+1;-1. The average molecular weight is 54.0 g/mol. The Hall–Kier alpha value is 0.267. The van der Waals surface area contributed by atoms with Gasteiger partial charge in [0.25, 0.3) is 0 Å². The smallest absolute Gasteiger partial charge is 1.00 e. The van der Waals surface area contributed by atoms with Crippen molar-refractivity contribution in [2.45, 2.75) is 0 Å². The van der Waals surface area contributed by atoms with Crippen molar-refractivity contribution in [1.82, 2.24) is 0 Å². The summed E-state index contributed by atoms with van der Waals surface area (Å²) in [5.74, 6) is 0. The van der Waals surface area contributed by atoms with Gasteiger partial charge >= 0.3 is 18.9 Å². The molecule has 0 aromatic rings. The summed E-state index contributed by atoms with van der Waals surface area (Å²) in [6.07, 6.45) is 0.250. The van der Waals surface area contributed by atoms with Crippen LogP contribution in [-0.4, -0.2) is 0 Å². The van der Waals surface area contributed by atoms with Gasteiger partial charge in [0, 0.05) is 0 Å². The maximum atomic E-state index is 10.1. The summed E-state index contributed by atoms with van der Waals surface area (Å²) in [7, 11) is 0. The first kappa shape index (κ1) is 8.86. The largest absolute Gasteiger partial charge is 1.00 e. The van der Waals surface area contributed by atoms with Crippen molar-refractivity contribution in [1.29, 1.82) is 0 Å². The average Bonchev–Trinajstić information content (AvgIpc) is 0.918. The van der Waals surface area contributed by atoms with Crippen LogP contribution < -0.4 is 18.9 Å². The maximum Gasteiger partial charge on any atom is 1.00 e. The second-order valence-electron chi connectivity index (χ2n) is 0.154. The van der Waals surface area contributed by atoms with Crippen molar-refractivity contribution in [3.05, 3.63) is 12.9 Å². The van der Waals surface area contributed by atoms with E-state index in [4.69, 9.17) is 0 Å². The molecule has 0 atom stereocenters. The van der Waals surface area contributed by atoms with E-state index < -0.39 is 0 Å². The Balaban J connectivity index is -0.0000000200. The normalized spacial score (nSPS) is 3.25. The van der Waals surface area contributed by atoms with E-state index >= 15 is 0 Å². The Labute approximate surface area is 38.4 Å². The molecular weight excluding hydrogens is 50.0 g/mol. The Morgan fingerprint density at radius 1 is 2.00 bits per heavy atom. The Morgan fingerprint density at radius 3 is 2.00 bits per heavy atom. The first-order chi connectivity index (χ1) is 1.41. The number of hydrogen-bond donors (Lipinski definition) is 0. The molecule has 0 unspecified atom stereocenters. The van der Waals surface area contributed by atoms with Crippen LogP contribution in [0.25, 0.3) is 0 Å². The molecule has 0 saturated heterocycles. The first-order valence-corrected chi connectivity index (χ1v) is 0.626. The summed E-state index contributed by atoms with van der Waals surface area (Å²) in [5.41, 5.74) is 0. The molecule has 0 heterocycles. The van der Waals surface area contributed by atoms with Crippen LogP contribution in [0.2, 0.25) is 0 Å². The van der Waals surface area contributed by atoms with Gasteiger partial charge in [0.2, 0.25) is 0 Å². The molecule has 4 heavy (non-hydrogen) atoms. The van der Waals surface area contributed by atoms with Crippen molar-refractivity contribution >= 4 is 0 Å². The van der Waals surface area contributed by atoms with Crippen LogP contribution in [0.4, 0.5) is 4.39 Å². The van der Waals surface area contributed by atoms with Gasteiger partial charge in [-0.1, -0.05) is 6.58 Å². The molecule has 2 heteroatoms. The van der Waals surface area contributed by atoms with Crippen LogP contribution >= 0.6 is 0 Å². The monoisotopic (exact) mass is 54.0 g/mol. The van der Waals surface area contributed by atoms with Gasteiger partial charge in [-0.15, -0.1) is 0 Å². The van der Waals surface area contributed by atoms with Crippen LogP contribution in [0.3, 0.4) is 0 Å². The van der Waals surface area contributed by atoms with Crippen molar-refractivity contribution < 1.29 is 24.7 Å². The molecule has 0 N–H and O–H groups in total. The van der Waals surface area contributed by atoms with E-state index in [0.29, 0.717) is 0 Å². The molecular formula is C2H4FLi. The van der Waals surface area contributed by atoms with E-state index in [1.54, 1.807) is 0 Å². The second kappa shape index (κ2) is 10.5. The van der Waals surface area contributed by atoms with Gasteiger partial charge in [-0.3, -0.25) is 0 Å². The van der Waals surface area contributed by atoms with Gasteiger partial charge in [-0.05, 0) is 0 Å². The third-order valence-electron chi connectivity index (χ3n) is 0. The third-order valence-corrected chi connectivity index (χ3v) is 0. The fraction of sp³-hybridized carbons (Fsp3) is 0. The minimum Gasteiger partial charge on any atom is -1.00 e. The van der Waals surface area contributed by atoms with Gasteiger partial charge < -0.3 is 1.43 Å². The fourth-order valence-corrected chi connectivity index (χ4v) is 0. The van der Waals surface area contributed by atoms with Crippen molar-refractivity contribution in [2.75, 3.05) is 0 Å². The van der Waals surface area contributed by atoms with Gasteiger partial charge in [0.1, 0.15) is 0 Å². The molecule has 0 aromatic carbocycles. The van der Waals surface area contributed by atoms with E-state index in [1.807, 2.05) is 0 Å². The van der Waals surface area contributed by atoms with Crippen molar-refractivity contribution in [2.24, 2.45) is 0 Å². The van der Waals surface area contributed by atoms with Crippen LogP contribution in [0.15, 0.2) is 12.9 Å². The molecule has 0 aliphatic carbocycles. The summed E-state index contributed by atoms with van der Waals surface area (Å²) in [4.78, 5) is 0. The van der Waals surface area contributed by atoms with Crippen molar-refractivity contribution in [3.63, 3.8) is 0 Å². The minimum absolute atomic E-state index is 0. The number of hydrogen-bond acceptors (Lipinski definition) is 0. The predicted molar refractivity (Wildman–Crippen MR) is 12.4 cm³/mol. The summed E-state index contributed by atoms with van der Waals surface area (Å²) in [6.45, 7) is 2.69. The number of rotatable bonds is 0. The van der Waals surface area contributed by atoms with Crippen LogP contribution in [0, 0.1) is 0 Å². The Morgan fingerprint density at radius 2 is 2.00 bits per heavy atom. The van der Waals surface area contributed by atoms with E-state index in [0.717, 1.165) is 0 Å². The molecule has 0 amide bonds. The minimum atomic E-state index is 0. The maximum absolute atomic E-state index is 10.1. The van der Waals surface area contributed by atoms with E-state index in [2.05, 4.69) is 6.58 Å². The summed E-state index contributed by atoms with van der Waals surface area (Å²) in [5, 5.41) is 0. The summed E-state index contributed by atoms with van der Waals surface area (Å²) in [6, 6.07) is 0. The zero-order valence-corrected chi connectivity index (χ0v) is 2.66. The molecule has 0 aromatic heterocycles. The zero-order chi connectivity index (χ0) is 2.71. The van der Waals surface area contributed by atoms with Gasteiger partial charge in [-0.2, -0.15) is 0 Å². The molecule has 0 aliphatic rings. The second-order valence-corrected chi connectivity index (χ2v) is 0.154. The first-order valence-electron chi connectivity index (χ1n) is 0.626. The molecule has 20 valence electrons. The molecule has 0 saturated carbocycles. The molecule has 0 spiro atoms. The summed E-state index contributed by atoms with van der Waals surface area (Å²) >= 11 is 0. The molecule has 0 rings (SSSR count). The van der Waals surface area contributed by atoms with E-state index in [-0.39, 0.29) is 26.6 Å². The molecule has 0 radical (unpaired) electrons. The van der Waals surface area contributed by atoms with Crippen molar-refractivity contribution in [3.8, 4) is 0 Å². The third kappa shape index (κ3) is 50.9. The molecule has 0 aliphatic heterocycles. The van der Waals surface area contributed by atoms with Crippen LogP contribution in [0.1, 0.15) is 1.43 Å². The summed E-state index contributed by atoms with van der Waals surface area (Å²) < 4.78 is 10.1. The molecule has 0 bridgehead atoms. The SMILES string of the molecule is C=CF.[H-].[Li+]. The van der Waals surface area contributed by atoms with Crippen LogP contribution in [0.5, 0.6) is 0 Å². The predicted octanol–water partition coefficient (Wildman–Crippen LogP) is -1.78. The van der Waals surface area contributed by atoms with Gasteiger partial charge in [0.05, 0.1) is 6.33 Å². The van der Waals surface area contributed by atoms with Gasteiger partial charge in [-0.25, -0.2) is 4.39 Å².